The second-order valence-electron chi connectivity index (χ2n) is 6.39. The van der Waals surface area contributed by atoms with Crippen molar-refractivity contribution in [1.82, 2.24) is 0 Å². The topological polar surface area (TPSA) is 0 Å². The highest BCUT2D eigenvalue weighted by atomic mass is 32.2. The lowest BCUT2D eigenvalue weighted by atomic mass is 9.84. The van der Waals surface area contributed by atoms with E-state index in [1.165, 1.54) is 41.0 Å². The van der Waals surface area contributed by atoms with E-state index in [0.717, 1.165) is 0 Å². The number of benzene rings is 3. The normalized spacial score (nSPS) is 15.5. The molecule has 0 saturated carbocycles. The van der Waals surface area contributed by atoms with Gasteiger partial charge in [0.25, 0.3) is 0 Å². The number of hydrogen-bond donors (Lipinski definition) is 0. The monoisotopic (exact) mass is 331 g/mol. The summed E-state index contributed by atoms with van der Waals surface area (Å²) in [6.45, 7) is 0. The van der Waals surface area contributed by atoms with Gasteiger partial charge in [0.2, 0.25) is 4.75 Å². The third kappa shape index (κ3) is 2.57. The van der Waals surface area contributed by atoms with Gasteiger partial charge in [-0.2, -0.15) is 0 Å². The van der Waals surface area contributed by atoms with Crippen LogP contribution in [-0.4, -0.2) is 11.5 Å². The lowest BCUT2D eigenvalue weighted by Gasteiger charge is -2.33. The van der Waals surface area contributed by atoms with E-state index >= 15 is 0 Å². The van der Waals surface area contributed by atoms with Crippen LogP contribution in [0.2, 0.25) is 0 Å². The molecule has 0 unspecified atom stereocenters. The maximum absolute atomic E-state index is 2.32. The van der Waals surface area contributed by atoms with Gasteiger partial charge in [0.15, 0.2) is 0 Å². The second-order valence-corrected chi connectivity index (χ2v) is 8.80. The van der Waals surface area contributed by atoms with E-state index in [0.29, 0.717) is 10.9 Å². The maximum Gasteiger partial charge on any atom is 0.203 e. The standard InChI is InChI=1S/C23H23S/c1-4-12-20(13-5-1)23(24-18-10-11-19-24,21-14-6-2-7-15-21)22-16-8-3-9-17-22/h1-9,12-17H,10-11,18-19H2/q+1. The van der Waals surface area contributed by atoms with E-state index in [1.807, 2.05) is 0 Å². The van der Waals surface area contributed by atoms with Crippen LogP contribution in [0.1, 0.15) is 29.5 Å². The number of hydrogen-bond acceptors (Lipinski definition) is 0. The van der Waals surface area contributed by atoms with Gasteiger partial charge in [-0.1, -0.05) is 91.0 Å². The highest BCUT2D eigenvalue weighted by Gasteiger charge is 2.52. The molecule has 1 saturated heterocycles. The first kappa shape index (κ1) is 15.5. The lowest BCUT2D eigenvalue weighted by Crippen LogP contribution is -2.39. The van der Waals surface area contributed by atoms with Gasteiger partial charge in [-0.25, -0.2) is 0 Å². The van der Waals surface area contributed by atoms with Gasteiger partial charge >= 0.3 is 0 Å². The summed E-state index contributed by atoms with van der Waals surface area (Å²) in [5, 5.41) is 0. The van der Waals surface area contributed by atoms with Crippen LogP contribution in [0.4, 0.5) is 0 Å². The van der Waals surface area contributed by atoms with Gasteiger partial charge in [0.1, 0.15) is 11.5 Å². The fourth-order valence-corrected chi connectivity index (χ4v) is 7.31. The first-order chi connectivity index (χ1) is 11.9. The average molecular weight is 332 g/mol. The summed E-state index contributed by atoms with van der Waals surface area (Å²) < 4.78 is -0.0136. The van der Waals surface area contributed by atoms with Crippen molar-refractivity contribution in [3.8, 4) is 0 Å². The minimum Gasteiger partial charge on any atom is -0.0622 e. The molecule has 0 spiro atoms. The molecule has 1 aliphatic heterocycles. The Kier molecular flexibility index (Phi) is 4.44. The van der Waals surface area contributed by atoms with Crippen molar-refractivity contribution in [1.29, 1.82) is 0 Å². The Morgan fingerprint density at radius 2 is 0.833 bits per heavy atom. The minimum atomic E-state index is -0.0136. The minimum absolute atomic E-state index is 0.0136. The molecule has 0 amide bonds. The van der Waals surface area contributed by atoms with Crippen LogP contribution in [0.5, 0.6) is 0 Å². The molecule has 0 aliphatic carbocycles. The molecule has 0 aromatic heterocycles. The van der Waals surface area contributed by atoms with Crippen LogP contribution in [-0.2, 0) is 15.6 Å². The Labute approximate surface area is 147 Å². The predicted octanol–water partition coefficient (Wildman–Crippen LogP) is 5.39. The molecular formula is C23H23S+. The summed E-state index contributed by atoms with van der Waals surface area (Å²) in [7, 11) is 0.323. The first-order valence-electron chi connectivity index (χ1n) is 8.76. The largest absolute Gasteiger partial charge is 0.203 e. The SMILES string of the molecule is c1ccc(C(c2ccccc2)(c2ccccc2)[S+]2CCCC2)cc1. The first-order valence-corrected chi connectivity index (χ1v) is 10.3. The summed E-state index contributed by atoms with van der Waals surface area (Å²) in [5.74, 6) is 2.66. The number of rotatable bonds is 4. The summed E-state index contributed by atoms with van der Waals surface area (Å²) in [4.78, 5) is 0. The van der Waals surface area contributed by atoms with E-state index in [9.17, 15) is 0 Å². The van der Waals surface area contributed by atoms with E-state index in [4.69, 9.17) is 0 Å². The fourth-order valence-electron chi connectivity index (χ4n) is 3.98. The summed E-state index contributed by atoms with van der Waals surface area (Å²) >= 11 is 0. The van der Waals surface area contributed by atoms with E-state index in [2.05, 4.69) is 91.0 Å². The van der Waals surface area contributed by atoms with E-state index < -0.39 is 0 Å². The molecule has 3 aromatic carbocycles. The third-order valence-electron chi connectivity index (χ3n) is 5.01. The van der Waals surface area contributed by atoms with Crippen molar-refractivity contribution in [2.24, 2.45) is 0 Å². The maximum atomic E-state index is 2.32. The van der Waals surface area contributed by atoms with Crippen molar-refractivity contribution >= 4 is 10.9 Å². The van der Waals surface area contributed by atoms with Crippen LogP contribution >= 0.6 is 0 Å². The quantitative estimate of drug-likeness (QED) is 0.444. The summed E-state index contributed by atoms with van der Waals surface area (Å²) in [6, 6.07) is 33.5. The predicted molar refractivity (Wildman–Crippen MR) is 106 cm³/mol. The van der Waals surface area contributed by atoms with Crippen molar-refractivity contribution in [3.05, 3.63) is 108 Å². The molecule has 4 rings (SSSR count). The fraction of sp³-hybridized carbons (Fsp3) is 0.217. The van der Waals surface area contributed by atoms with Crippen molar-refractivity contribution in [2.45, 2.75) is 17.6 Å². The molecule has 0 N–H and O–H groups in total. The Hall–Kier alpha value is -1.99. The van der Waals surface area contributed by atoms with Crippen molar-refractivity contribution < 1.29 is 0 Å². The van der Waals surface area contributed by atoms with Gasteiger partial charge in [-0.15, -0.1) is 0 Å². The molecule has 1 heterocycles. The van der Waals surface area contributed by atoms with Crippen LogP contribution < -0.4 is 0 Å². The van der Waals surface area contributed by atoms with Crippen LogP contribution in [0.15, 0.2) is 91.0 Å². The lowest BCUT2D eigenvalue weighted by molar-refractivity contribution is 0.883. The van der Waals surface area contributed by atoms with Crippen LogP contribution in [0.25, 0.3) is 0 Å². The third-order valence-corrected chi connectivity index (χ3v) is 8.14. The van der Waals surface area contributed by atoms with Crippen LogP contribution in [0.3, 0.4) is 0 Å². The zero-order valence-electron chi connectivity index (χ0n) is 13.9. The van der Waals surface area contributed by atoms with Crippen molar-refractivity contribution in [2.75, 3.05) is 11.5 Å². The Balaban J connectivity index is 2.03. The molecular weight excluding hydrogens is 308 g/mol. The zero-order chi connectivity index (χ0) is 16.2. The summed E-state index contributed by atoms with van der Waals surface area (Å²) in [6.07, 6.45) is 2.72. The molecule has 3 aromatic rings. The second kappa shape index (κ2) is 6.86. The molecule has 1 aliphatic rings. The van der Waals surface area contributed by atoms with Gasteiger partial charge in [-0.3, -0.25) is 0 Å². The zero-order valence-corrected chi connectivity index (χ0v) is 14.7. The van der Waals surface area contributed by atoms with Crippen LogP contribution in [0, 0.1) is 0 Å². The van der Waals surface area contributed by atoms with Gasteiger partial charge in [0.05, 0.1) is 0 Å². The average Bonchev–Trinajstić information content (AvgIpc) is 3.20. The smallest absolute Gasteiger partial charge is 0.0622 e. The molecule has 1 fully saturated rings. The van der Waals surface area contributed by atoms with Gasteiger partial charge in [0, 0.05) is 27.6 Å². The van der Waals surface area contributed by atoms with E-state index in [-0.39, 0.29) is 4.75 Å². The molecule has 0 radical (unpaired) electrons. The molecule has 0 bridgehead atoms. The Morgan fingerprint density at radius 1 is 0.500 bits per heavy atom. The van der Waals surface area contributed by atoms with Gasteiger partial charge in [-0.05, 0) is 12.8 Å². The molecule has 0 atom stereocenters. The summed E-state index contributed by atoms with van der Waals surface area (Å²) in [5.41, 5.74) is 4.31. The molecule has 1 heteroatoms. The highest BCUT2D eigenvalue weighted by Crippen LogP contribution is 2.47. The molecule has 120 valence electrons. The molecule has 0 nitrogen and oxygen atoms in total. The van der Waals surface area contributed by atoms with E-state index in [1.54, 1.807) is 0 Å². The Morgan fingerprint density at radius 3 is 1.17 bits per heavy atom. The molecule has 24 heavy (non-hydrogen) atoms. The Bertz CT molecular complexity index is 662. The van der Waals surface area contributed by atoms with Gasteiger partial charge < -0.3 is 0 Å². The highest BCUT2D eigenvalue weighted by molar-refractivity contribution is 7.98. The van der Waals surface area contributed by atoms with Crippen molar-refractivity contribution in [3.63, 3.8) is 0 Å².